The van der Waals surface area contributed by atoms with Gasteiger partial charge in [-0.1, -0.05) is 0 Å². The molecule has 4 bridgehead atoms. The molecular formula is C16H18FNO3. The highest BCUT2D eigenvalue weighted by Crippen LogP contribution is 2.57. The molecule has 5 heteroatoms. The number of ether oxygens (including phenoxy) is 1. The smallest absolute Gasteiger partial charge is 0.305 e. The molecule has 4 saturated carbocycles. The molecule has 21 heavy (non-hydrogen) atoms. The Bertz CT molecular complexity index is 566. The second-order valence-electron chi connectivity index (χ2n) is 7.07. The normalized spacial score (nSPS) is 36.7. The molecule has 0 aliphatic heterocycles. The van der Waals surface area contributed by atoms with Crippen molar-refractivity contribution in [2.75, 3.05) is 0 Å². The van der Waals surface area contributed by atoms with Crippen LogP contribution < -0.4 is 4.74 Å². The Kier molecular flexibility index (Phi) is 2.75. The van der Waals surface area contributed by atoms with Gasteiger partial charge < -0.3 is 4.74 Å². The van der Waals surface area contributed by atoms with Crippen molar-refractivity contribution >= 4 is 5.69 Å². The van der Waals surface area contributed by atoms with Gasteiger partial charge in [0, 0.05) is 12.1 Å². The van der Waals surface area contributed by atoms with Crippen LogP contribution >= 0.6 is 0 Å². The molecule has 1 aromatic carbocycles. The minimum atomic E-state index is -0.817. The molecule has 4 fully saturated rings. The summed E-state index contributed by atoms with van der Waals surface area (Å²) >= 11 is 0. The first-order chi connectivity index (χ1) is 10.0. The van der Waals surface area contributed by atoms with E-state index in [0.717, 1.165) is 43.1 Å². The molecule has 0 heterocycles. The van der Waals surface area contributed by atoms with Crippen LogP contribution in [0.15, 0.2) is 18.2 Å². The molecule has 0 saturated heterocycles. The first-order valence-corrected chi connectivity index (χ1v) is 7.66. The number of nitro groups is 1. The second-order valence-corrected chi connectivity index (χ2v) is 7.07. The second kappa shape index (κ2) is 4.42. The van der Waals surface area contributed by atoms with E-state index in [2.05, 4.69) is 0 Å². The average molecular weight is 291 g/mol. The Morgan fingerprint density at radius 1 is 1.14 bits per heavy atom. The largest absolute Gasteiger partial charge is 0.487 e. The number of benzene rings is 1. The number of nitro benzene ring substituents is 1. The standard InChI is InChI=1S/C16H18FNO3/c17-14-6-13(1-2-15(14)18(19)20)21-16-7-10-3-11(8-16)5-12(4-10)9-16/h1-2,6,10-12H,3-5,7-9H2. The lowest BCUT2D eigenvalue weighted by atomic mass is 9.54. The Labute approximate surface area is 122 Å². The maximum Gasteiger partial charge on any atom is 0.305 e. The van der Waals surface area contributed by atoms with Gasteiger partial charge >= 0.3 is 5.69 Å². The molecule has 4 nitrogen and oxygen atoms in total. The van der Waals surface area contributed by atoms with Gasteiger partial charge in [0.25, 0.3) is 0 Å². The van der Waals surface area contributed by atoms with Crippen molar-refractivity contribution in [1.82, 2.24) is 0 Å². The summed E-state index contributed by atoms with van der Waals surface area (Å²) in [5, 5.41) is 10.7. The summed E-state index contributed by atoms with van der Waals surface area (Å²) in [7, 11) is 0. The van der Waals surface area contributed by atoms with E-state index in [9.17, 15) is 14.5 Å². The van der Waals surface area contributed by atoms with Gasteiger partial charge in [-0.05, 0) is 62.3 Å². The van der Waals surface area contributed by atoms with Crippen LogP contribution in [0.3, 0.4) is 0 Å². The summed E-state index contributed by atoms with van der Waals surface area (Å²) in [5.41, 5.74) is -0.648. The molecule has 0 atom stereocenters. The molecule has 0 spiro atoms. The summed E-state index contributed by atoms with van der Waals surface area (Å²) in [4.78, 5) is 9.96. The first kappa shape index (κ1) is 13.0. The van der Waals surface area contributed by atoms with Crippen LogP contribution in [-0.4, -0.2) is 10.5 Å². The van der Waals surface area contributed by atoms with Gasteiger partial charge in [-0.15, -0.1) is 0 Å². The Balaban J connectivity index is 1.58. The number of nitrogens with zero attached hydrogens (tertiary/aromatic N) is 1. The van der Waals surface area contributed by atoms with E-state index >= 15 is 0 Å². The van der Waals surface area contributed by atoms with Crippen LogP contribution in [0.25, 0.3) is 0 Å². The predicted octanol–water partition coefficient (Wildman–Crippen LogP) is 4.08. The van der Waals surface area contributed by atoms with Crippen molar-refractivity contribution in [3.05, 3.63) is 34.1 Å². The highest BCUT2D eigenvalue weighted by molar-refractivity contribution is 5.38. The first-order valence-electron chi connectivity index (χ1n) is 7.66. The molecule has 0 amide bonds. The number of hydrogen-bond acceptors (Lipinski definition) is 3. The molecule has 0 N–H and O–H groups in total. The van der Waals surface area contributed by atoms with E-state index in [-0.39, 0.29) is 5.60 Å². The maximum absolute atomic E-state index is 13.7. The molecule has 0 radical (unpaired) electrons. The number of hydrogen-bond donors (Lipinski definition) is 0. The molecule has 4 aliphatic rings. The fourth-order valence-electron chi connectivity index (χ4n) is 5.11. The topological polar surface area (TPSA) is 52.4 Å². The average Bonchev–Trinajstić information content (AvgIpc) is 2.35. The van der Waals surface area contributed by atoms with E-state index in [4.69, 9.17) is 4.74 Å². The Morgan fingerprint density at radius 2 is 1.71 bits per heavy atom. The third kappa shape index (κ3) is 2.19. The summed E-state index contributed by atoms with van der Waals surface area (Å²) < 4.78 is 19.9. The van der Waals surface area contributed by atoms with E-state index < -0.39 is 16.4 Å². The van der Waals surface area contributed by atoms with Gasteiger partial charge in [0.15, 0.2) is 0 Å². The van der Waals surface area contributed by atoms with Crippen molar-refractivity contribution in [3.63, 3.8) is 0 Å². The van der Waals surface area contributed by atoms with Crippen molar-refractivity contribution in [2.24, 2.45) is 17.8 Å². The van der Waals surface area contributed by atoms with Crippen molar-refractivity contribution in [2.45, 2.75) is 44.1 Å². The van der Waals surface area contributed by atoms with Gasteiger partial charge in [-0.25, -0.2) is 0 Å². The quantitative estimate of drug-likeness (QED) is 0.622. The van der Waals surface area contributed by atoms with E-state index in [0.29, 0.717) is 5.75 Å². The van der Waals surface area contributed by atoms with Crippen LogP contribution in [0.1, 0.15) is 38.5 Å². The van der Waals surface area contributed by atoms with Crippen molar-refractivity contribution in [3.8, 4) is 5.75 Å². The van der Waals surface area contributed by atoms with Gasteiger partial charge in [0.2, 0.25) is 5.82 Å². The summed E-state index contributed by atoms with van der Waals surface area (Å²) in [6.45, 7) is 0. The van der Waals surface area contributed by atoms with Crippen LogP contribution in [0.2, 0.25) is 0 Å². The fourth-order valence-corrected chi connectivity index (χ4v) is 5.11. The minimum Gasteiger partial charge on any atom is -0.487 e. The zero-order valence-corrected chi connectivity index (χ0v) is 11.8. The summed E-state index contributed by atoms with van der Waals surface area (Å²) in [6.07, 6.45) is 7.11. The molecule has 112 valence electrons. The lowest BCUT2D eigenvalue weighted by Crippen LogP contribution is -2.53. The Morgan fingerprint density at radius 3 is 2.19 bits per heavy atom. The van der Waals surface area contributed by atoms with Crippen LogP contribution in [-0.2, 0) is 0 Å². The zero-order chi connectivity index (χ0) is 14.6. The SMILES string of the molecule is O=[N+]([O-])c1ccc(OC23CC4CC(CC(C4)C2)C3)cc1F. The highest BCUT2D eigenvalue weighted by Gasteiger charge is 2.52. The zero-order valence-electron chi connectivity index (χ0n) is 11.8. The van der Waals surface area contributed by atoms with E-state index in [1.165, 1.54) is 31.4 Å². The third-order valence-electron chi connectivity index (χ3n) is 5.43. The van der Waals surface area contributed by atoms with Gasteiger partial charge in [0.05, 0.1) is 4.92 Å². The molecular weight excluding hydrogens is 273 g/mol. The third-order valence-corrected chi connectivity index (χ3v) is 5.43. The van der Waals surface area contributed by atoms with Gasteiger partial charge in [-0.3, -0.25) is 10.1 Å². The molecule has 4 aliphatic carbocycles. The van der Waals surface area contributed by atoms with Gasteiger partial charge in [0.1, 0.15) is 11.4 Å². The highest BCUT2D eigenvalue weighted by atomic mass is 19.1. The fraction of sp³-hybridized carbons (Fsp3) is 0.625. The van der Waals surface area contributed by atoms with E-state index in [1.54, 1.807) is 0 Å². The number of rotatable bonds is 3. The van der Waals surface area contributed by atoms with Crippen LogP contribution in [0, 0.1) is 33.7 Å². The monoisotopic (exact) mass is 291 g/mol. The molecule has 0 unspecified atom stereocenters. The summed E-state index contributed by atoms with van der Waals surface area (Å²) in [5.74, 6) is 1.86. The lowest BCUT2D eigenvalue weighted by molar-refractivity contribution is -0.387. The van der Waals surface area contributed by atoms with Crippen molar-refractivity contribution < 1.29 is 14.1 Å². The minimum absolute atomic E-state index is 0.155. The lowest BCUT2D eigenvalue weighted by Gasteiger charge is -2.56. The van der Waals surface area contributed by atoms with Crippen molar-refractivity contribution in [1.29, 1.82) is 0 Å². The number of halogens is 1. The van der Waals surface area contributed by atoms with Crippen LogP contribution in [0.4, 0.5) is 10.1 Å². The van der Waals surface area contributed by atoms with Gasteiger partial charge in [-0.2, -0.15) is 4.39 Å². The predicted molar refractivity (Wildman–Crippen MR) is 74.6 cm³/mol. The molecule has 1 aromatic rings. The Hall–Kier alpha value is -1.65. The summed E-state index contributed by atoms with van der Waals surface area (Å²) in [6, 6.07) is 3.89. The molecule has 0 aromatic heterocycles. The maximum atomic E-state index is 13.7. The van der Waals surface area contributed by atoms with E-state index in [1.807, 2.05) is 0 Å². The van der Waals surface area contributed by atoms with Crippen LogP contribution in [0.5, 0.6) is 5.75 Å². The molecule has 5 rings (SSSR count).